The Morgan fingerprint density at radius 1 is 1.24 bits per heavy atom. The van der Waals surface area contributed by atoms with Crippen molar-refractivity contribution in [3.8, 4) is 5.69 Å². The van der Waals surface area contributed by atoms with Gasteiger partial charge in [-0.15, -0.1) is 0 Å². The summed E-state index contributed by atoms with van der Waals surface area (Å²) in [6.45, 7) is 0. The number of rotatable bonds is 2. The number of hydrogen-bond donors (Lipinski definition) is 2. The van der Waals surface area contributed by atoms with Gasteiger partial charge in [0.25, 0.3) is 0 Å². The van der Waals surface area contributed by atoms with Gasteiger partial charge in [0.05, 0.1) is 22.3 Å². The maximum atomic E-state index is 14.0. The summed E-state index contributed by atoms with van der Waals surface area (Å²) in [6, 6.07) is 8.52. The number of aromatic amines is 1. The zero-order chi connectivity index (χ0) is 15.1. The number of H-pyrrole nitrogens is 1. The third kappa shape index (κ3) is 2.25. The van der Waals surface area contributed by atoms with Crippen LogP contribution in [0.4, 0.5) is 4.39 Å². The number of nitrogens with one attached hydrogen (secondary N) is 1. The first-order valence-electron chi connectivity index (χ1n) is 5.91. The van der Waals surface area contributed by atoms with E-state index >= 15 is 0 Å². The predicted molar refractivity (Wildman–Crippen MR) is 78.5 cm³/mol. The van der Waals surface area contributed by atoms with Crippen molar-refractivity contribution in [1.82, 2.24) is 9.55 Å². The molecule has 1 aromatic heterocycles. The van der Waals surface area contributed by atoms with Gasteiger partial charge in [-0.25, -0.2) is 14.0 Å². The number of carbonyl (C=O) groups is 1. The molecule has 106 valence electrons. The van der Waals surface area contributed by atoms with Gasteiger partial charge >= 0.3 is 11.7 Å². The Bertz CT molecular complexity index is 930. The molecular weight excluding hydrogens is 343 g/mol. The van der Waals surface area contributed by atoms with Crippen LogP contribution in [-0.4, -0.2) is 20.6 Å². The first kappa shape index (κ1) is 13.6. The summed E-state index contributed by atoms with van der Waals surface area (Å²) in [7, 11) is 0. The SMILES string of the molecule is O=C(O)c1ccc2c(c1)[nH]c(=O)n2-c1ccc(Br)cc1F. The van der Waals surface area contributed by atoms with E-state index in [1.807, 2.05) is 0 Å². The minimum atomic E-state index is -1.10. The minimum absolute atomic E-state index is 0.0483. The van der Waals surface area contributed by atoms with Crippen LogP contribution in [0.5, 0.6) is 0 Å². The molecular formula is C14H8BrFN2O3. The van der Waals surface area contributed by atoms with Crippen LogP contribution in [0, 0.1) is 5.82 Å². The molecule has 5 nitrogen and oxygen atoms in total. The van der Waals surface area contributed by atoms with E-state index in [9.17, 15) is 14.0 Å². The Morgan fingerprint density at radius 2 is 2.00 bits per heavy atom. The fraction of sp³-hybridized carbons (Fsp3) is 0. The second-order valence-electron chi connectivity index (χ2n) is 4.40. The van der Waals surface area contributed by atoms with Gasteiger partial charge in [-0.2, -0.15) is 0 Å². The summed E-state index contributed by atoms with van der Waals surface area (Å²) in [5, 5.41) is 8.95. The standard InChI is InChI=1S/C14H8BrFN2O3/c15-8-2-4-11(9(16)6-8)18-12-3-1-7(13(19)20)5-10(12)17-14(18)21/h1-6H,(H,17,21)(H,19,20). The molecule has 0 aliphatic carbocycles. The highest BCUT2D eigenvalue weighted by molar-refractivity contribution is 9.10. The van der Waals surface area contributed by atoms with E-state index in [4.69, 9.17) is 5.11 Å². The first-order chi connectivity index (χ1) is 9.97. The Hall–Kier alpha value is -2.41. The molecule has 7 heteroatoms. The van der Waals surface area contributed by atoms with Crippen LogP contribution in [0.15, 0.2) is 45.7 Å². The molecule has 0 saturated carbocycles. The van der Waals surface area contributed by atoms with Crippen LogP contribution in [0.25, 0.3) is 16.7 Å². The van der Waals surface area contributed by atoms with E-state index in [1.165, 1.54) is 34.9 Å². The highest BCUT2D eigenvalue weighted by Crippen LogP contribution is 2.22. The van der Waals surface area contributed by atoms with Crippen molar-refractivity contribution in [1.29, 1.82) is 0 Å². The number of carboxylic acid groups (broad SMARTS) is 1. The third-order valence-electron chi connectivity index (χ3n) is 3.08. The van der Waals surface area contributed by atoms with Crippen LogP contribution in [0.3, 0.4) is 0 Å². The molecule has 0 aliphatic heterocycles. The summed E-state index contributed by atoms with van der Waals surface area (Å²) in [4.78, 5) is 25.5. The van der Waals surface area contributed by atoms with Crippen LogP contribution < -0.4 is 5.69 Å². The number of aromatic carboxylic acids is 1. The summed E-state index contributed by atoms with van der Waals surface area (Å²) in [5.41, 5.74) is 0.354. The highest BCUT2D eigenvalue weighted by Gasteiger charge is 2.14. The largest absolute Gasteiger partial charge is 0.478 e. The van der Waals surface area contributed by atoms with Gasteiger partial charge in [-0.1, -0.05) is 15.9 Å². The molecule has 0 spiro atoms. The summed E-state index contributed by atoms with van der Waals surface area (Å²) in [6.07, 6.45) is 0. The Balaban J connectivity index is 2.30. The number of aromatic nitrogens is 2. The number of benzene rings is 2. The van der Waals surface area contributed by atoms with E-state index in [0.717, 1.165) is 0 Å². The molecule has 1 heterocycles. The molecule has 3 rings (SSSR count). The lowest BCUT2D eigenvalue weighted by atomic mass is 10.2. The molecule has 0 radical (unpaired) electrons. The minimum Gasteiger partial charge on any atom is -0.478 e. The number of nitrogens with zero attached hydrogens (tertiary/aromatic N) is 1. The van der Waals surface area contributed by atoms with E-state index in [0.29, 0.717) is 15.5 Å². The lowest BCUT2D eigenvalue weighted by Gasteiger charge is -2.05. The molecule has 0 aliphatic rings. The van der Waals surface area contributed by atoms with E-state index in [2.05, 4.69) is 20.9 Å². The van der Waals surface area contributed by atoms with Gasteiger partial charge in [0.15, 0.2) is 0 Å². The molecule has 0 amide bonds. The van der Waals surface area contributed by atoms with Crippen LogP contribution in [0.1, 0.15) is 10.4 Å². The molecule has 0 saturated heterocycles. The maximum Gasteiger partial charge on any atom is 0.335 e. The summed E-state index contributed by atoms with van der Waals surface area (Å²) < 4.78 is 15.8. The lowest BCUT2D eigenvalue weighted by molar-refractivity contribution is 0.0697. The van der Waals surface area contributed by atoms with Crippen molar-refractivity contribution >= 4 is 32.9 Å². The van der Waals surface area contributed by atoms with Gasteiger partial charge in [-0.05, 0) is 36.4 Å². The van der Waals surface area contributed by atoms with Gasteiger partial charge in [0.1, 0.15) is 5.82 Å². The summed E-state index contributed by atoms with van der Waals surface area (Å²) >= 11 is 3.15. The highest BCUT2D eigenvalue weighted by atomic mass is 79.9. The average molecular weight is 351 g/mol. The number of fused-ring (bicyclic) bond motifs is 1. The summed E-state index contributed by atoms with van der Waals surface area (Å²) in [5.74, 6) is -1.66. The lowest BCUT2D eigenvalue weighted by Crippen LogP contribution is -2.15. The van der Waals surface area contributed by atoms with Crippen LogP contribution in [-0.2, 0) is 0 Å². The molecule has 2 aromatic carbocycles. The van der Waals surface area contributed by atoms with Gasteiger partial charge in [0, 0.05) is 4.47 Å². The Kier molecular flexibility index (Phi) is 3.13. The van der Waals surface area contributed by atoms with Crippen molar-refractivity contribution in [2.45, 2.75) is 0 Å². The zero-order valence-electron chi connectivity index (χ0n) is 10.4. The normalized spacial score (nSPS) is 11.0. The topological polar surface area (TPSA) is 75.1 Å². The number of carboxylic acids is 1. The van der Waals surface area contributed by atoms with Crippen molar-refractivity contribution in [3.05, 3.63) is 62.7 Å². The fourth-order valence-electron chi connectivity index (χ4n) is 2.15. The van der Waals surface area contributed by atoms with Crippen LogP contribution in [0.2, 0.25) is 0 Å². The molecule has 0 bridgehead atoms. The molecule has 21 heavy (non-hydrogen) atoms. The Labute approximate surface area is 125 Å². The Morgan fingerprint density at radius 3 is 2.67 bits per heavy atom. The van der Waals surface area contributed by atoms with Crippen molar-refractivity contribution in [2.75, 3.05) is 0 Å². The number of halogens is 2. The molecule has 3 aromatic rings. The van der Waals surface area contributed by atoms with E-state index in [1.54, 1.807) is 6.07 Å². The van der Waals surface area contributed by atoms with Crippen molar-refractivity contribution in [2.24, 2.45) is 0 Å². The van der Waals surface area contributed by atoms with Crippen molar-refractivity contribution < 1.29 is 14.3 Å². The molecule has 2 N–H and O–H groups in total. The van der Waals surface area contributed by atoms with Gasteiger partial charge in [0.2, 0.25) is 0 Å². The first-order valence-corrected chi connectivity index (χ1v) is 6.70. The molecule has 0 atom stereocenters. The second-order valence-corrected chi connectivity index (χ2v) is 5.31. The predicted octanol–water partition coefficient (Wildman–Crippen LogP) is 2.92. The fourth-order valence-corrected chi connectivity index (χ4v) is 2.48. The smallest absolute Gasteiger partial charge is 0.335 e. The van der Waals surface area contributed by atoms with Crippen LogP contribution >= 0.6 is 15.9 Å². The second kappa shape index (κ2) is 4.85. The quantitative estimate of drug-likeness (QED) is 0.746. The number of imidazole rings is 1. The van der Waals surface area contributed by atoms with E-state index in [-0.39, 0.29) is 11.3 Å². The van der Waals surface area contributed by atoms with Crippen molar-refractivity contribution in [3.63, 3.8) is 0 Å². The molecule has 0 fully saturated rings. The molecule has 0 unspecified atom stereocenters. The van der Waals surface area contributed by atoms with Gasteiger partial charge < -0.3 is 10.1 Å². The monoisotopic (exact) mass is 350 g/mol. The van der Waals surface area contributed by atoms with E-state index < -0.39 is 17.5 Å². The zero-order valence-corrected chi connectivity index (χ0v) is 12.0. The average Bonchev–Trinajstić information content (AvgIpc) is 2.74. The number of hydrogen-bond acceptors (Lipinski definition) is 2. The van der Waals surface area contributed by atoms with Gasteiger partial charge in [-0.3, -0.25) is 4.57 Å². The third-order valence-corrected chi connectivity index (χ3v) is 3.57. The maximum absolute atomic E-state index is 14.0.